The molecule has 0 spiro atoms. The summed E-state index contributed by atoms with van der Waals surface area (Å²) in [5.41, 5.74) is 3.91. The van der Waals surface area contributed by atoms with Crippen LogP contribution in [0.4, 0.5) is 0 Å². The lowest BCUT2D eigenvalue weighted by Gasteiger charge is -2.10. The van der Waals surface area contributed by atoms with Gasteiger partial charge in [-0.25, -0.2) is 0 Å². The second-order valence-electron chi connectivity index (χ2n) is 4.63. The van der Waals surface area contributed by atoms with Gasteiger partial charge in [0.2, 0.25) is 6.41 Å². The molecule has 0 aromatic carbocycles. The topological polar surface area (TPSA) is 33.2 Å². The average Bonchev–Trinajstić information content (AvgIpc) is 2.29. The molecule has 1 aromatic heterocycles. The summed E-state index contributed by atoms with van der Waals surface area (Å²) in [6.07, 6.45) is 3.79. The minimum atomic E-state index is 0.542. The zero-order valence-electron chi connectivity index (χ0n) is 11.8. The Hall–Kier alpha value is -1.38. The standard InChI is InChI=1S/C11H17N.C3H7NO/c1-5-10-6-9(4)7-12-11(10)8(2)3;1-4(2)3-5/h6-8H,5H2,1-4H3;3H,1-2H3. The van der Waals surface area contributed by atoms with Crippen molar-refractivity contribution in [3.8, 4) is 0 Å². The van der Waals surface area contributed by atoms with Crippen LogP contribution in [-0.4, -0.2) is 30.4 Å². The van der Waals surface area contributed by atoms with Crippen molar-refractivity contribution in [1.29, 1.82) is 0 Å². The highest BCUT2D eigenvalue weighted by Gasteiger charge is 2.05. The third-order valence-electron chi connectivity index (χ3n) is 2.28. The van der Waals surface area contributed by atoms with Crippen LogP contribution < -0.4 is 0 Å². The van der Waals surface area contributed by atoms with Crippen LogP contribution in [0, 0.1) is 6.92 Å². The Morgan fingerprint density at radius 2 is 1.94 bits per heavy atom. The first-order valence-electron chi connectivity index (χ1n) is 5.99. The molecular weight excluding hydrogens is 212 g/mol. The van der Waals surface area contributed by atoms with Crippen LogP contribution in [0.1, 0.15) is 43.5 Å². The molecule has 0 atom stereocenters. The summed E-state index contributed by atoms with van der Waals surface area (Å²) in [5, 5.41) is 0. The van der Waals surface area contributed by atoms with Crippen LogP contribution in [0.2, 0.25) is 0 Å². The maximum absolute atomic E-state index is 9.43. The van der Waals surface area contributed by atoms with Gasteiger partial charge >= 0.3 is 0 Å². The maximum atomic E-state index is 9.43. The number of pyridine rings is 1. The SMILES string of the molecule is CCc1cc(C)cnc1C(C)C.CN(C)C=O. The summed E-state index contributed by atoms with van der Waals surface area (Å²) in [6, 6.07) is 2.24. The molecule has 0 N–H and O–H groups in total. The first-order valence-corrected chi connectivity index (χ1v) is 5.99. The van der Waals surface area contributed by atoms with Crippen molar-refractivity contribution in [2.24, 2.45) is 0 Å². The van der Waals surface area contributed by atoms with Crippen molar-refractivity contribution in [2.75, 3.05) is 14.1 Å². The van der Waals surface area contributed by atoms with E-state index in [0.29, 0.717) is 5.92 Å². The first-order chi connectivity index (χ1) is 7.92. The van der Waals surface area contributed by atoms with Crippen LogP contribution in [0.25, 0.3) is 0 Å². The van der Waals surface area contributed by atoms with Gasteiger partial charge < -0.3 is 4.90 Å². The number of hydrogen-bond acceptors (Lipinski definition) is 2. The first kappa shape index (κ1) is 15.6. The number of carbonyl (C=O) groups excluding carboxylic acids is 1. The van der Waals surface area contributed by atoms with E-state index in [0.717, 1.165) is 12.8 Å². The van der Waals surface area contributed by atoms with Gasteiger partial charge in [-0.3, -0.25) is 9.78 Å². The van der Waals surface area contributed by atoms with Crippen LogP contribution in [0.15, 0.2) is 12.3 Å². The molecule has 0 radical (unpaired) electrons. The molecule has 0 aliphatic rings. The smallest absolute Gasteiger partial charge is 0.209 e. The van der Waals surface area contributed by atoms with E-state index >= 15 is 0 Å². The fourth-order valence-electron chi connectivity index (χ4n) is 1.44. The average molecular weight is 236 g/mol. The molecule has 17 heavy (non-hydrogen) atoms. The lowest BCUT2D eigenvalue weighted by atomic mass is 10.0. The Morgan fingerprint density at radius 3 is 2.29 bits per heavy atom. The summed E-state index contributed by atoms with van der Waals surface area (Å²) in [4.78, 5) is 15.3. The van der Waals surface area contributed by atoms with E-state index < -0.39 is 0 Å². The Bertz CT molecular complexity index is 346. The molecule has 3 heteroatoms. The summed E-state index contributed by atoms with van der Waals surface area (Å²) in [6.45, 7) is 8.66. The van der Waals surface area contributed by atoms with Crippen molar-refractivity contribution in [1.82, 2.24) is 9.88 Å². The van der Waals surface area contributed by atoms with E-state index in [2.05, 4.69) is 38.7 Å². The van der Waals surface area contributed by atoms with Gasteiger partial charge in [-0.05, 0) is 30.4 Å². The molecule has 96 valence electrons. The van der Waals surface area contributed by atoms with E-state index in [9.17, 15) is 4.79 Å². The maximum Gasteiger partial charge on any atom is 0.209 e. The van der Waals surface area contributed by atoms with Gasteiger partial charge in [0.05, 0.1) is 0 Å². The van der Waals surface area contributed by atoms with E-state index in [4.69, 9.17) is 0 Å². The van der Waals surface area contributed by atoms with Crippen molar-refractivity contribution in [3.63, 3.8) is 0 Å². The van der Waals surface area contributed by atoms with Crippen molar-refractivity contribution in [2.45, 2.75) is 40.0 Å². The number of aryl methyl sites for hydroxylation is 2. The number of hydrogen-bond donors (Lipinski definition) is 0. The molecule has 3 nitrogen and oxygen atoms in total. The molecule has 0 fully saturated rings. The zero-order chi connectivity index (χ0) is 13.4. The molecule has 0 aliphatic carbocycles. The summed E-state index contributed by atoms with van der Waals surface area (Å²) in [7, 11) is 3.38. The third kappa shape index (κ3) is 6.05. The van der Waals surface area contributed by atoms with Crippen molar-refractivity contribution < 1.29 is 4.79 Å². The highest BCUT2D eigenvalue weighted by Crippen LogP contribution is 2.17. The largest absolute Gasteiger partial charge is 0.351 e. The Morgan fingerprint density at radius 1 is 1.41 bits per heavy atom. The molecule has 1 rings (SSSR count). The highest BCUT2D eigenvalue weighted by atomic mass is 16.1. The van der Waals surface area contributed by atoms with E-state index in [1.807, 2.05) is 6.20 Å². The molecule has 0 saturated carbocycles. The number of nitrogens with zero attached hydrogens (tertiary/aromatic N) is 2. The highest BCUT2D eigenvalue weighted by molar-refractivity contribution is 5.45. The third-order valence-corrected chi connectivity index (χ3v) is 2.28. The fraction of sp³-hybridized carbons (Fsp3) is 0.571. The monoisotopic (exact) mass is 236 g/mol. The predicted octanol–water partition coefficient (Wildman–Crippen LogP) is 2.78. The molecular formula is C14H24N2O. The molecule has 0 aliphatic heterocycles. The molecule has 1 aromatic rings. The van der Waals surface area contributed by atoms with Crippen LogP contribution in [0.5, 0.6) is 0 Å². The van der Waals surface area contributed by atoms with Crippen LogP contribution in [0.3, 0.4) is 0 Å². The van der Waals surface area contributed by atoms with Gasteiger partial charge in [0.15, 0.2) is 0 Å². The molecule has 1 amide bonds. The Labute approximate surface area is 105 Å². The summed E-state index contributed by atoms with van der Waals surface area (Å²) < 4.78 is 0. The van der Waals surface area contributed by atoms with Gasteiger partial charge in [-0.15, -0.1) is 0 Å². The summed E-state index contributed by atoms with van der Waals surface area (Å²) >= 11 is 0. The van der Waals surface area contributed by atoms with Gasteiger partial charge in [0, 0.05) is 26.0 Å². The van der Waals surface area contributed by atoms with Crippen molar-refractivity contribution in [3.05, 3.63) is 29.1 Å². The number of carbonyl (C=O) groups is 1. The minimum absolute atomic E-state index is 0.542. The lowest BCUT2D eigenvalue weighted by Crippen LogP contribution is -2.06. The van der Waals surface area contributed by atoms with Gasteiger partial charge in [0.1, 0.15) is 0 Å². The van der Waals surface area contributed by atoms with Gasteiger partial charge in [-0.2, -0.15) is 0 Å². The van der Waals surface area contributed by atoms with Gasteiger partial charge in [-0.1, -0.05) is 26.8 Å². The number of aromatic nitrogens is 1. The quantitative estimate of drug-likeness (QED) is 0.756. The Kier molecular flexibility index (Phi) is 7.19. The zero-order valence-corrected chi connectivity index (χ0v) is 11.8. The molecule has 1 heterocycles. The van der Waals surface area contributed by atoms with E-state index in [1.165, 1.54) is 21.7 Å². The van der Waals surface area contributed by atoms with Gasteiger partial charge in [0.25, 0.3) is 0 Å². The number of amides is 1. The molecule has 0 bridgehead atoms. The second kappa shape index (κ2) is 7.82. The van der Waals surface area contributed by atoms with E-state index in [-0.39, 0.29) is 0 Å². The summed E-state index contributed by atoms with van der Waals surface area (Å²) in [5.74, 6) is 0.542. The van der Waals surface area contributed by atoms with Crippen molar-refractivity contribution >= 4 is 6.41 Å². The number of rotatable bonds is 3. The molecule has 0 saturated heterocycles. The van der Waals surface area contributed by atoms with Crippen LogP contribution in [-0.2, 0) is 11.2 Å². The second-order valence-corrected chi connectivity index (χ2v) is 4.63. The lowest BCUT2D eigenvalue weighted by molar-refractivity contribution is -0.115. The predicted molar refractivity (Wildman–Crippen MR) is 72.2 cm³/mol. The minimum Gasteiger partial charge on any atom is -0.351 e. The fourth-order valence-corrected chi connectivity index (χ4v) is 1.44. The molecule has 0 unspecified atom stereocenters. The normalized spacial score (nSPS) is 9.59. The Balaban J connectivity index is 0.000000437. The van der Waals surface area contributed by atoms with E-state index in [1.54, 1.807) is 14.1 Å². The van der Waals surface area contributed by atoms with Crippen LogP contribution >= 0.6 is 0 Å².